The zero-order valence-electron chi connectivity index (χ0n) is 10.8. The monoisotopic (exact) mass is 310 g/mol. The van der Waals surface area contributed by atoms with Gasteiger partial charge in [-0.2, -0.15) is 13.2 Å². The number of nitrogens with zero attached hydrogens (tertiary/aromatic N) is 2. The summed E-state index contributed by atoms with van der Waals surface area (Å²) in [7, 11) is 1.45. The number of pyridine rings is 1. The van der Waals surface area contributed by atoms with E-state index in [1.54, 1.807) is 18.2 Å². The maximum absolute atomic E-state index is 12.7. The molecule has 1 aromatic carbocycles. The molecule has 3 nitrogen and oxygen atoms in total. The quantitative estimate of drug-likeness (QED) is 0.704. The first kappa shape index (κ1) is 13.8. The molecule has 0 fully saturated rings. The topological polar surface area (TPSA) is 35.0 Å². The second-order valence-electron chi connectivity index (χ2n) is 4.25. The van der Waals surface area contributed by atoms with Gasteiger partial charge in [0.05, 0.1) is 24.4 Å². The van der Waals surface area contributed by atoms with Gasteiger partial charge in [-0.05, 0) is 6.07 Å². The van der Waals surface area contributed by atoms with E-state index in [0.29, 0.717) is 22.2 Å². The number of aromatic nitrogens is 2. The minimum Gasteiger partial charge on any atom is -0.494 e. The molecule has 0 aliphatic carbocycles. The van der Waals surface area contributed by atoms with Crippen molar-refractivity contribution in [1.29, 1.82) is 0 Å². The van der Waals surface area contributed by atoms with Crippen LogP contribution in [0.25, 0.3) is 21.5 Å². The summed E-state index contributed by atoms with van der Waals surface area (Å²) < 4.78 is 43.4. The summed E-state index contributed by atoms with van der Waals surface area (Å²) in [4.78, 5) is 7.92. The molecule has 0 aliphatic heterocycles. The van der Waals surface area contributed by atoms with Crippen LogP contribution in [0.1, 0.15) is 5.69 Å². The highest BCUT2D eigenvalue weighted by molar-refractivity contribution is 7.13. The van der Waals surface area contributed by atoms with E-state index in [4.69, 9.17) is 4.74 Å². The summed E-state index contributed by atoms with van der Waals surface area (Å²) in [5.74, 6) is 0.400. The van der Waals surface area contributed by atoms with Crippen molar-refractivity contribution >= 4 is 22.2 Å². The van der Waals surface area contributed by atoms with Crippen molar-refractivity contribution in [2.24, 2.45) is 0 Å². The average Bonchev–Trinajstić information content (AvgIpc) is 2.95. The first-order chi connectivity index (χ1) is 10.0. The molecule has 0 spiro atoms. The van der Waals surface area contributed by atoms with Gasteiger partial charge in [0.1, 0.15) is 10.8 Å². The predicted octanol–water partition coefficient (Wildman–Crippen LogP) is 4.39. The van der Waals surface area contributed by atoms with E-state index in [9.17, 15) is 13.2 Å². The Morgan fingerprint density at radius 2 is 1.95 bits per heavy atom. The first-order valence-electron chi connectivity index (χ1n) is 5.95. The molecule has 0 unspecified atom stereocenters. The normalized spacial score (nSPS) is 11.8. The van der Waals surface area contributed by atoms with Gasteiger partial charge in [0.25, 0.3) is 0 Å². The molecule has 0 aliphatic rings. The van der Waals surface area contributed by atoms with E-state index in [2.05, 4.69) is 9.97 Å². The van der Waals surface area contributed by atoms with Crippen LogP contribution in [0, 0.1) is 0 Å². The Morgan fingerprint density at radius 3 is 2.62 bits per heavy atom. The lowest BCUT2D eigenvalue weighted by Gasteiger charge is -2.09. The smallest absolute Gasteiger partial charge is 0.434 e. The highest BCUT2D eigenvalue weighted by Crippen LogP contribution is 2.40. The number of hydrogen-bond acceptors (Lipinski definition) is 4. The maximum Gasteiger partial charge on any atom is 0.434 e. The molecule has 2 heterocycles. The van der Waals surface area contributed by atoms with E-state index in [-0.39, 0.29) is 5.01 Å². The number of methoxy groups -OCH3 is 1. The predicted molar refractivity (Wildman–Crippen MR) is 74.4 cm³/mol. The molecule has 2 aromatic heterocycles. The Hall–Kier alpha value is -2.15. The molecule has 0 radical (unpaired) electrons. The van der Waals surface area contributed by atoms with Gasteiger partial charge in [0.15, 0.2) is 5.69 Å². The van der Waals surface area contributed by atoms with Crippen molar-refractivity contribution in [1.82, 2.24) is 9.97 Å². The van der Waals surface area contributed by atoms with Crippen molar-refractivity contribution in [2.45, 2.75) is 6.18 Å². The van der Waals surface area contributed by atoms with Crippen LogP contribution in [0.3, 0.4) is 0 Å². The maximum atomic E-state index is 12.7. The van der Waals surface area contributed by atoms with Crippen LogP contribution < -0.4 is 4.74 Å². The number of halogens is 3. The fourth-order valence-corrected chi connectivity index (χ4v) is 2.91. The number of rotatable bonds is 2. The number of ether oxygens (including phenoxy) is 1. The van der Waals surface area contributed by atoms with Crippen molar-refractivity contribution in [3.05, 3.63) is 41.5 Å². The van der Waals surface area contributed by atoms with E-state index >= 15 is 0 Å². The molecule has 0 amide bonds. The Kier molecular flexibility index (Phi) is 3.29. The van der Waals surface area contributed by atoms with Gasteiger partial charge < -0.3 is 4.74 Å². The molecule has 0 saturated carbocycles. The highest BCUT2D eigenvalue weighted by atomic mass is 32.1. The highest BCUT2D eigenvalue weighted by Gasteiger charge is 2.34. The van der Waals surface area contributed by atoms with Gasteiger partial charge in [-0.15, -0.1) is 11.3 Å². The number of benzene rings is 1. The van der Waals surface area contributed by atoms with Gasteiger partial charge in [-0.1, -0.05) is 18.2 Å². The van der Waals surface area contributed by atoms with Crippen molar-refractivity contribution in [3.63, 3.8) is 0 Å². The first-order valence-corrected chi connectivity index (χ1v) is 6.83. The van der Waals surface area contributed by atoms with Crippen LogP contribution in [-0.2, 0) is 6.18 Å². The fourth-order valence-electron chi connectivity index (χ4n) is 2.02. The van der Waals surface area contributed by atoms with E-state index in [0.717, 1.165) is 16.7 Å². The average molecular weight is 310 g/mol. The third-order valence-corrected chi connectivity index (χ3v) is 3.83. The van der Waals surface area contributed by atoms with Crippen molar-refractivity contribution in [3.8, 4) is 16.3 Å². The third kappa shape index (κ3) is 2.44. The summed E-state index contributed by atoms with van der Waals surface area (Å²) >= 11 is 0.935. The van der Waals surface area contributed by atoms with Gasteiger partial charge in [0, 0.05) is 10.8 Å². The Bertz CT molecular complexity index is 798. The number of hydrogen-bond donors (Lipinski definition) is 0. The molecule has 108 valence electrons. The SMILES string of the molecule is COc1cnc2ccccc2c1-c1nc(C(F)(F)F)cs1. The summed E-state index contributed by atoms with van der Waals surface area (Å²) in [5, 5.41) is 1.97. The molecular weight excluding hydrogens is 301 g/mol. The molecular formula is C14H9F3N2OS. The Morgan fingerprint density at radius 1 is 1.19 bits per heavy atom. The van der Waals surface area contributed by atoms with E-state index < -0.39 is 11.9 Å². The lowest BCUT2D eigenvalue weighted by Crippen LogP contribution is -2.05. The van der Waals surface area contributed by atoms with Gasteiger partial charge in [-0.25, -0.2) is 4.98 Å². The summed E-state index contributed by atoms with van der Waals surface area (Å²) in [5.41, 5.74) is 0.311. The number of fused-ring (bicyclic) bond motifs is 1. The summed E-state index contributed by atoms with van der Waals surface area (Å²) in [6.07, 6.45) is -2.96. The zero-order valence-corrected chi connectivity index (χ0v) is 11.6. The van der Waals surface area contributed by atoms with Crippen molar-refractivity contribution < 1.29 is 17.9 Å². The Labute approximate surface area is 122 Å². The summed E-state index contributed by atoms with van der Waals surface area (Å²) in [6.45, 7) is 0. The number of para-hydroxylation sites is 1. The van der Waals surface area contributed by atoms with Gasteiger partial charge >= 0.3 is 6.18 Å². The van der Waals surface area contributed by atoms with Gasteiger partial charge in [-0.3, -0.25) is 4.98 Å². The minimum absolute atomic E-state index is 0.262. The van der Waals surface area contributed by atoms with Crippen LogP contribution in [0.5, 0.6) is 5.75 Å². The summed E-state index contributed by atoms with van der Waals surface area (Å²) in [6, 6.07) is 7.19. The molecule has 0 atom stereocenters. The van der Waals surface area contributed by atoms with Crippen LogP contribution in [0.2, 0.25) is 0 Å². The zero-order chi connectivity index (χ0) is 15.0. The standard InChI is InChI=1S/C14H9F3N2OS/c1-20-10-6-18-9-5-3-2-4-8(9)12(10)13-19-11(7-21-13)14(15,16)17/h2-7H,1H3. The molecule has 21 heavy (non-hydrogen) atoms. The van der Waals surface area contributed by atoms with Gasteiger partial charge in [0.2, 0.25) is 0 Å². The molecule has 0 bridgehead atoms. The van der Waals surface area contributed by atoms with E-state index in [1.807, 2.05) is 6.07 Å². The second kappa shape index (κ2) is 5.00. The molecule has 3 aromatic rings. The van der Waals surface area contributed by atoms with Crippen LogP contribution >= 0.6 is 11.3 Å². The second-order valence-corrected chi connectivity index (χ2v) is 5.11. The molecule has 3 rings (SSSR count). The van der Waals surface area contributed by atoms with Crippen LogP contribution in [0.4, 0.5) is 13.2 Å². The largest absolute Gasteiger partial charge is 0.494 e. The molecule has 7 heteroatoms. The third-order valence-electron chi connectivity index (χ3n) is 2.97. The molecule has 0 saturated heterocycles. The fraction of sp³-hybridized carbons (Fsp3) is 0.143. The lowest BCUT2D eigenvalue weighted by molar-refractivity contribution is -0.140. The number of alkyl halides is 3. The Balaban J connectivity index is 2.25. The van der Waals surface area contributed by atoms with Crippen LogP contribution in [-0.4, -0.2) is 17.1 Å². The van der Waals surface area contributed by atoms with Crippen LogP contribution in [0.15, 0.2) is 35.8 Å². The lowest BCUT2D eigenvalue weighted by atomic mass is 10.1. The van der Waals surface area contributed by atoms with Crippen molar-refractivity contribution in [2.75, 3.05) is 7.11 Å². The number of thiazole rings is 1. The molecule has 0 N–H and O–H groups in total. The van der Waals surface area contributed by atoms with E-state index in [1.165, 1.54) is 13.3 Å². The minimum atomic E-state index is -4.45.